The molecule has 0 aliphatic rings. The van der Waals surface area contributed by atoms with Crippen molar-refractivity contribution in [3.63, 3.8) is 0 Å². The molecule has 0 spiro atoms. The highest BCUT2D eigenvalue weighted by Gasteiger charge is 2.13. The summed E-state index contributed by atoms with van der Waals surface area (Å²) in [6.45, 7) is 5.39. The van der Waals surface area contributed by atoms with Crippen molar-refractivity contribution in [1.82, 2.24) is 0 Å². The average Bonchev–Trinajstić information content (AvgIpc) is 3.01. The molecule has 1 unspecified atom stereocenters. The van der Waals surface area contributed by atoms with E-state index in [-0.39, 0.29) is 12.6 Å². The molecule has 0 aliphatic heterocycles. The lowest BCUT2D eigenvalue weighted by atomic mass is 10.0. The van der Waals surface area contributed by atoms with Gasteiger partial charge < -0.3 is 14.6 Å². The van der Waals surface area contributed by atoms with E-state index >= 15 is 0 Å². The number of rotatable bonds is 37. The van der Waals surface area contributed by atoms with E-state index in [1.807, 2.05) is 0 Å². The summed E-state index contributed by atoms with van der Waals surface area (Å²) in [6, 6.07) is 0. The average molecular weight is 611 g/mol. The highest BCUT2D eigenvalue weighted by Crippen LogP contribution is 2.15. The minimum Gasteiger partial charge on any atom is -0.457 e. The zero-order valence-electron chi connectivity index (χ0n) is 29.5. The van der Waals surface area contributed by atoms with Gasteiger partial charge in [0.15, 0.2) is 0 Å². The summed E-state index contributed by atoms with van der Waals surface area (Å²) in [5.41, 5.74) is 0. The van der Waals surface area contributed by atoms with Gasteiger partial charge in [0.1, 0.15) is 6.10 Å². The van der Waals surface area contributed by atoms with E-state index in [0.717, 1.165) is 19.3 Å². The Labute approximate surface area is 270 Å². The van der Waals surface area contributed by atoms with Gasteiger partial charge in [-0.05, 0) is 12.8 Å². The van der Waals surface area contributed by atoms with Gasteiger partial charge in [-0.2, -0.15) is 0 Å². The first kappa shape index (κ1) is 42.4. The summed E-state index contributed by atoms with van der Waals surface area (Å²) in [7, 11) is 0. The van der Waals surface area contributed by atoms with Crippen LogP contribution >= 0.6 is 0 Å². The Morgan fingerprint density at radius 2 is 0.767 bits per heavy atom. The van der Waals surface area contributed by atoms with Crippen LogP contribution in [0.1, 0.15) is 219 Å². The molecular formula is C39H78O4. The van der Waals surface area contributed by atoms with E-state index in [2.05, 4.69) is 13.8 Å². The van der Waals surface area contributed by atoms with E-state index in [1.165, 1.54) is 180 Å². The van der Waals surface area contributed by atoms with E-state index in [0.29, 0.717) is 19.6 Å². The second-order valence-electron chi connectivity index (χ2n) is 13.4. The fourth-order valence-corrected chi connectivity index (χ4v) is 5.98. The Kier molecular flexibility index (Phi) is 37.0. The number of carbonyl (C=O) groups is 1. The standard InChI is InChI=1S/C39H78O4/c1-3-5-7-9-11-13-15-17-19-20-22-24-26-28-30-32-34-39(41)43-38(36-40)37-42-35-33-31-29-27-25-23-21-18-16-14-12-10-8-6-4-2/h38,40H,3-37H2,1-2H3. The van der Waals surface area contributed by atoms with Crippen LogP contribution in [0.15, 0.2) is 0 Å². The monoisotopic (exact) mass is 611 g/mol. The molecule has 0 aromatic carbocycles. The molecule has 0 aromatic heterocycles. The lowest BCUT2D eigenvalue weighted by Crippen LogP contribution is -2.27. The molecule has 4 nitrogen and oxygen atoms in total. The fourth-order valence-electron chi connectivity index (χ4n) is 5.98. The molecule has 4 heteroatoms. The van der Waals surface area contributed by atoms with Gasteiger partial charge in [0.2, 0.25) is 0 Å². The summed E-state index contributed by atoms with van der Waals surface area (Å²) in [6.07, 6.45) is 41.4. The summed E-state index contributed by atoms with van der Waals surface area (Å²) in [4.78, 5) is 12.2. The quantitative estimate of drug-likeness (QED) is 0.0561. The van der Waals surface area contributed by atoms with Crippen LogP contribution in [0.2, 0.25) is 0 Å². The predicted octanol–water partition coefficient (Wildman–Crippen LogP) is 12.4. The van der Waals surface area contributed by atoms with Crippen LogP contribution in [0.4, 0.5) is 0 Å². The molecule has 258 valence electrons. The normalized spacial score (nSPS) is 12.2. The first-order valence-electron chi connectivity index (χ1n) is 19.6. The number of unbranched alkanes of at least 4 members (excludes halogenated alkanes) is 29. The van der Waals surface area contributed by atoms with Crippen molar-refractivity contribution >= 4 is 5.97 Å². The van der Waals surface area contributed by atoms with Crippen LogP contribution in [-0.4, -0.2) is 37.0 Å². The highest BCUT2D eigenvalue weighted by atomic mass is 16.6. The fraction of sp³-hybridized carbons (Fsp3) is 0.974. The van der Waals surface area contributed by atoms with Crippen molar-refractivity contribution in [3.05, 3.63) is 0 Å². The summed E-state index contributed by atoms with van der Waals surface area (Å²) in [5, 5.41) is 9.57. The highest BCUT2D eigenvalue weighted by molar-refractivity contribution is 5.69. The zero-order valence-corrected chi connectivity index (χ0v) is 29.5. The largest absolute Gasteiger partial charge is 0.457 e. The molecule has 0 heterocycles. The maximum Gasteiger partial charge on any atom is 0.306 e. The van der Waals surface area contributed by atoms with Gasteiger partial charge in [-0.1, -0.05) is 200 Å². The number of aliphatic hydroxyl groups is 1. The van der Waals surface area contributed by atoms with E-state index in [9.17, 15) is 9.90 Å². The number of hydrogen-bond acceptors (Lipinski definition) is 4. The summed E-state index contributed by atoms with van der Waals surface area (Å²) < 4.78 is 11.1. The van der Waals surface area contributed by atoms with Crippen LogP contribution < -0.4 is 0 Å². The predicted molar refractivity (Wildman–Crippen MR) is 187 cm³/mol. The topological polar surface area (TPSA) is 55.8 Å². The Balaban J connectivity index is 3.37. The first-order chi connectivity index (χ1) is 21.2. The summed E-state index contributed by atoms with van der Waals surface area (Å²) >= 11 is 0. The molecule has 0 rings (SSSR count). The van der Waals surface area contributed by atoms with Crippen LogP contribution in [-0.2, 0) is 14.3 Å². The van der Waals surface area contributed by atoms with Crippen molar-refractivity contribution in [1.29, 1.82) is 0 Å². The van der Waals surface area contributed by atoms with Gasteiger partial charge in [0, 0.05) is 13.0 Å². The van der Waals surface area contributed by atoms with Crippen molar-refractivity contribution in [2.45, 2.75) is 225 Å². The van der Waals surface area contributed by atoms with Crippen LogP contribution in [0.3, 0.4) is 0 Å². The molecule has 0 aromatic rings. The van der Waals surface area contributed by atoms with Gasteiger partial charge in [0.25, 0.3) is 0 Å². The maximum absolute atomic E-state index is 12.2. The number of aliphatic hydroxyl groups excluding tert-OH is 1. The molecule has 0 amide bonds. The van der Waals surface area contributed by atoms with Crippen molar-refractivity contribution in [2.24, 2.45) is 0 Å². The van der Waals surface area contributed by atoms with Gasteiger partial charge in [-0.3, -0.25) is 4.79 Å². The molecule has 0 aliphatic carbocycles. The van der Waals surface area contributed by atoms with Gasteiger partial charge in [0.05, 0.1) is 13.2 Å². The van der Waals surface area contributed by atoms with Crippen molar-refractivity contribution in [2.75, 3.05) is 19.8 Å². The van der Waals surface area contributed by atoms with Crippen LogP contribution in [0, 0.1) is 0 Å². The smallest absolute Gasteiger partial charge is 0.306 e. The van der Waals surface area contributed by atoms with Crippen molar-refractivity contribution < 1.29 is 19.4 Å². The lowest BCUT2D eigenvalue weighted by molar-refractivity contribution is -0.154. The van der Waals surface area contributed by atoms with Gasteiger partial charge in [-0.15, -0.1) is 0 Å². The third-order valence-electron chi connectivity index (χ3n) is 8.93. The molecule has 43 heavy (non-hydrogen) atoms. The van der Waals surface area contributed by atoms with Crippen molar-refractivity contribution in [3.8, 4) is 0 Å². The molecule has 0 radical (unpaired) electrons. The molecule has 1 N–H and O–H groups in total. The third-order valence-corrected chi connectivity index (χ3v) is 8.93. The number of carbonyl (C=O) groups excluding carboxylic acids is 1. The first-order valence-corrected chi connectivity index (χ1v) is 19.6. The van der Waals surface area contributed by atoms with Crippen LogP contribution in [0.25, 0.3) is 0 Å². The molecular weight excluding hydrogens is 532 g/mol. The third kappa shape index (κ3) is 35.7. The molecule has 0 saturated heterocycles. The second-order valence-corrected chi connectivity index (χ2v) is 13.4. The number of hydrogen-bond donors (Lipinski definition) is 1. The Hall–Kier alpha value is -0.610. The van der Waals surface area contributed by atoms with E-state index in [1.54, 1.807) is 0 Å². The Bertz CT molecular complexity index is 523. The number of ether oxygens (including phenoxy) is 2. The lowest BCUT2D eigenvalue weighted by Gasteiger charge is -2.16. The zero-order chi connectivity index (χ0) is 31.3. The molecule has 1 atom stereocenters. The number of esters is 1. The Morgan fingerprint density at radius 3 is 1.09 bits per heavy atom. The van der Waals surface area contributed by atoms with Gasteiger partial charge in [-0.25, -0.2) is 0 Å². The Morgan fingerprint density at radius 1 is 0.465 bits per heavy atom. The SMILES string of the molecule is CCCCCCCCCCCCCCCCCCC(=O)OC(CO)COCCCCCCCCCCCCCCCCC. The van der Waals surface area contributed by atoms with E-state index < -0.39 is 6.10 Å². The minimum atomic E-state index is -0.523. The molecule has 0 fully saturated rings. The maximum atomic E-state index is 12.2. The molecule has 0 saturated carbocycles. The van der Waals surface area contributed by atoms with Crippen LogP contribution in [0.5, 0.6) is 0 Å². The second kappa shape index (κ2) is 37.6. The summed E-state index contributed by atoms with van der Waals surface area (Å²) in [5.74, 6) is -0.194. The molecule has 0 bridgehead atoms. The van der Waals surface area contributed by atoms with E-state index in [4.69, 9.17) is 9.47 Å². The van der Waals surface area contributed by atoms with Gasteiger partial charge >= 0.3 is 5.97 Å². The minimum absolute atomic E-state index is 0.163.